The largest absolute Gasteiger partial charge is 0.467 e. The minimum absolute atomic E-state index is 0.0625. The molecule has 124 valence electrons. The van der Waals surface area contributed by atoms with Crippen LogP contribution in [0.15, 0.2) is 52.6 Å². The Hall–Kier alpha value is -2.81. The van der Waals surface area contributed by atoms with Crippen molar-refractivity contribution in [2.24, 2.45) is 7.05 Å². The van der Waals surface area contributed by atoms with Crippen molar-refractivity contribution < 1.29 is 14.0 Å². The SMILES string of the molecule is Cn1cccc1C(=O)NC(=O)CSc1nncn1Cc1ccco1. The van der Waals surface area contributed by atoms with E-state index in [1.807, 2.05) is 6.07 Å². The lowest BCUT2D eigenvalue weighted by Gasteiger charge is -2.06. The number of hydrogen-bond donors (Lipinski definition) is 1. The maximum absolute atomic E-state index is 12.0. The molecule has 2 amide bonds. The van der Waals surface area contributed by atoms with E-state index in [0.717, 1.165) is 5.76 Å². The van der Waals surface area contributed by atoms with E-state index in [9.17, 15) is 9.59 Å². The van der Waals surface area contributed by atoms with Gasteiger partial charge in [0.25, 0.3) is 5.91 Å². The van der Waals surface area contributed by atoms with Gasteiger partial charge in [0.2, 0.25) is 5.91 Å². The zero-order valence-electron chi connectivity index (χ0n) is 12.9. The Morgan fingerprint density at radius 1 is 1.33 bits per heavy atom. The topological polar surface area (TPSA) is 95.0 Å². The maximum atomic E-state index is 12.0. The third-order valence-electron chi connectivity index (χ3n) is 3.25. The minimum Gasteiger partial charge on any atom is -0.467 e. The van der Waals surface area contributed by atoms with Gasteiger partial charge in [0, 0.05) is 13.2 Å². The van der Waals surface area contributed by atoms with Gasteiger partial charge in [0.1, 0.15) is 17.8 Å². The van der Waals surface area contributed by atoms with E-state index >= 15 is 0 Å². The predicted octanol–water partition coefficient (Wildman–Crippen LogP) is 1.31. The molecule has 0 aromatic carbocycles. The summed E-state index contributed by atoms with van der Waals surface area (Å²) in [4.78, 5) is 23.9. The van der Waals surface area contributed by atoms with Gasteiger partial charge in [-0.05, 0) is 24.3 Å². The first-order valence-corrected chi connectivity index (χ1v) is 8.10. The van der Waals surface area contributed by atoms with Crippen molar-refractivity contribution in [3.05, 3.63) is 54.5 Å². The van der Waals surface area contributed by atoms with Crippen LogP contribution in [0.1, 0.15) is 16.2 Å². The third kappa shape index (κ3) is 3.74. The lowest BCUT2D eigenvalue weighted by atomic mass is 10.4. The second-order valence-electron chi connectivity index (χ2n) is 4.99. The number of hydrogen-bond acceptors (Lipinski definition) is 6. The molecular formula is C15H15N5O3S. The van der Waals surface area contributed by atoms with Crippen LogP contribution >= 0.6 is 11.8 Å². The molecule has 0 unspecified atom stereocenters. The zero-order valence-corrected chi connectivity index (χ0v) is 13.7. The molecule has 0 fully saturated rings. The van der Waals surface area contributed by atoms with E-state index < -0.39 is 11.8 Å². The minimum atomic E-state index is -0.426. The molecular weight excluding hydrogens is 330 g/mol. The first-order chi connectivity index (χ1) is 11.6. The van der Waals surface area contributed by atoms with Crippen molar-refractivity contribution in [2.45, 2.75) is 11.7 Å². The van der Waals surface area contributed by atoms with E-state index in [1.165, 1.54) is 11.8 Å². The molecule has 3 aromatic rings. The molecule has 0 aliphatic carbocycles. The van der Waals surface area contributed by atoms with E-state index in [0.29, 0.717) is 17.4 Å². The summed E-state index contributed by atoms with van der Waals surface area (Å²) >= 11 is 1.20. The van der Waals surface area contributed by atoms with Crippen LogP contribution in [0.5, 0.6) is 0 Å². The first kappa shape index (κ1) is 16.1. The van der Waals surface area contributed by atoms with Crippen LogP contribution in [0.25, 0.3) is 0 Å². The second kappa shape index (κ2) is 7.18. The third-order valence-corrected chi connectivity index (χ3v) is 4.23. The molecule has 0 spiro atoms. The summed E-state index contributed by atoms with van der Waals surface area (Å²) in [6.45, 7) is 0.478. The van der Waals surface area contributed by atoms with Crippen molar-refractivity contribution in [3.63, 3.8) is 0 Å². The number of imide groups is 1. The fourth-order valence-corrected chi connectivity index (χ4v) is 2.80. The van der Waals surface area contributed by atoms with Gasteiger partial charge in [-0.25, -0.2) is 0 Å². The van der Waals surface area contributed by atoms with Crippen LogP contribution in [0, 0.1) is 0 Å². The Morgan fingerprint density at radius 2 is 2.21 bits per heavy atom. The van der Waals surface area contributed by atoms with E-state index in [4.69, 9.17) is 4.42 Å². The first-order valence-electron chi connectivity index (χ1n) is 7.12. The lowest BCUT2D eigenvalue weighted by Crippen LogP contribution is -2.33. The Kier molecular flexibility index (Phi) is 4.80. The average Bonchev–Trinajstić information content (AvgIpc) is 3.28. The summed E-state index contributed by atoms with van der Waals surface area (Å²) in [5.74, 6) is 0.0106. The summed E-state index contributed by atoms with van der Waals surface area (Å²) in [5, 5.41) is 10.8. The van der Waals surface area contributed by atoms with Gasteiger partial charge >= 0.3 is 0 Å². The van der Waals surface area contributed by atoms with Crippen LogP contribution < -0.4 is 5.32 Å². The highest BCUT2D eigenvalue weighted by Gasteiger charge is 2.14. The highest BCUT2D eigenvalue weighted by molar-refractivity contribution is 7.99. The van der Waals surface area contributed by atoms with Gasteiger partial charge < -0.3 is 13.6 Å². The molecule has 9 heteroatoms. The second-order valence-corrected chi connectivity index (χ2v) is 5.93. The Balaban J connectivity index is 1.54. The van der Waals surface area contributed by atoms with Crippen LogP contribution in [-0.4, -0.2) is 36.9 Å². The monoisotopic (exact) mass is 345 g/mol. The van der Waals surface area contributed by atoms with Gasteiger partial charge in [0.05, 0.1) is 18.6 Å². The lowest BCUT2D eigenvalue weighted by molar-refractivity contribution is -0.117. The van der Waals surface area contributed by atoms with E-state index in [2.05, 4.69) is 15.5 Å². The fraction of sp³-hybridized carbons (Fsp3) is 0.200. The molecule has 3 rings (SSSR count). The van der Waals surface area contributed by atoms with Gasteiger partial charge in [0.15, 0.2) is 5.16 Å². The quantitative estimate of drug-likeness (QED) is 0.677. The molecule has 0 saturated carbocycles. The molecule has 24 heavy (non-hydrogen) atoms. The molecule has 0 aliphatic heterocycles. The zero-order chi connectivity index (χ0) is 16.9. The highest BCUT2D eigenvalue weighted by atomic mass is 32.2. The smallest absolute Gasteiger partial charge is 0.274 e. The molecule has 8 nitrogen and oxygen atoms in total. The van der Waals surface area contributed by atoms with Crippen LogP contribution in [-0.2, 0) is 18.4 Å². The number of amides is 2. The Morgan fingerprint density at radius 3 is 2.92 bits per heavy atom. The van der Waals surface area contributed by atoms with E-state index in [-0.39, 0.29) is 5.75 Å². The predicted molar refractivity (Wildman–Crippen MR) is 86.4 cm³/mol. The number of nitrogens with zero attached hydrogens (tertiary/aromatic N) is 4. The van der Waals surface area contributed by atoms with Crippen LogP contribution in [0.2, 0.25) is 0 Å². The molecule has 0 aliphatic rings. The Labute approximate surface area is 141 Å². The van der Waals surface area contributed by atoms with Gasteiger partial charge in [-0.1, -0.05) is 11.8 Å². The summed E-state index contributed by atoms with van der Waals surface area (Å²) in [5.41, 5.74) is 0.425. The maximum Gasteiger partial charge on any atom is 0.274 e. The van der Waals surface area contributed by atoms with Crippen molar-refractivity contribution >= 4 is 23.6 Å². The van der Waals surface area contributed by atoms with Gasteiger partial charge in [-0.15, -0.1) is 10.2 Å². The number of thioether (sulfide) groups is 1. The number of carbonyl (C=O) groups excluding carboxylic acids is 2. The molecule has 0 atom stereocenters. The fourth-order valence-electron chi connectivity index (χ4n) is 2.09. The van der Waals surface area contributed by atoms with Crippen molar-refractivity contribution in [1.29, 1.82) is 0 Å². The molecule has 0 bridgehead atoms. The van der Waals surface area contributed by atoms with Crippen LogP contribution in [0.4, 0.5) is 0 Å². The van der Waals surface area contributed by atoms with Crippen molar-refractivity contribution in [3.8, 4) is 0 Å². The number of nitrogens with one attached hydrogen (secondary N) is 1. The van der Waals surface area contributed by atoms with Gasteiger partial charge in [-0.2, -0.15) is 0 Å². The standard InChI is InChI=1S/C15H15N5O3S/c1-19-6-2-5-12(19)14(22)17-13(21)9-24-15-18-16-10-20(15)8-11-4-3-7-23-11/h2-7,10H,8-9H2,1H3,(H,17,21,22). The van der Waals surface area contributed by atoms with Crippen LogP contribution in [0.3, 0.4) is 0 Å². The van der Waals surface area contributed by atoms with Crippen molar-refractivity contribution in [1.82, 2.24) is 24.6 Å². The van der Waals surface area contributed by atoms with Gasteiger partial charge in [-0.3, -0.25) is 14.9 Å². The molecule has 3 heterocycles. The number of rotatable bonds is 6. The summed E-state index contributed by atoms with van der Waals surface area (Å²) in [6.07, 6.45) is 4.90. The molecule has 1 N–H and O–H groups in total. The average molecular weight is 345 g/mol. The summed E-state index contributed by atoms with van der Waals surface area (Å²) < 4.78 is 8.70. The summed E-state index contributed by atoms with van der Waals surface area (Å²) in [6, 6.07) is 7.04. The van der Waals surface area contributed by atoms with E-state index in [1.54, 1.807) is 53.2 Å². The Bertz CT molecular complexity index is 837. The highest BCUT2D eigenvalue weighted by Crippen LogP contribution is 2.16. The van der Waals surface area contributed by atoms with Crippen molar-refractivity contribution in [2.75, 3.05) is 5.75 Å². The molecule has 0 saturated heterocycles. The molecule has 0 radical (unpaired) electrons. The number of carbonyl (C=O) groups is 2. The number of aromatic nitrogens is 4. The number of furan rings is 1. The molecule has 3 aromatic heterocycles. The number of aryl methyl sites for hydroxylation is 1. The normalized spacial score (nSPS) is 10.7. The summed E-state index contributed by atoms with van der Waals surface area (Å²) in [7, 11) is 1.74.